The number of ether oxygens (including phenoxy) is 1. The van der Waals surface area contributed by atoms with E-state index in [2.05, 4.69) is 4.98 Å². The second-order valence-electron chi connectivity index (χ2n) is 8.06. The molecule has 34 heavy (non-hydrogen) atoms. The van der Waals surface area contributed by atoms with Gasteiger partial charge in [-0.05, 0) is 11.6 Å². The molecule has 0 unspecified atom stereocenters. The van der Waals surface area contributed by atoms with Gasteiger partial charge in [-0.1, -0.05) is 18.2 Å². The zero-order valence-electron chi connectivity index (χ0n) is 19.0. The smallest absolute Gasteiger partial charge is 0.259 e. The van der Waals surface area contributed by atoms with Gasteiger partial charge in [-0.3, -0.25) is 14.4 Å². The molecule has 0 spiro atoms. The molecule has 0 saturated carbocycles. The fourth-order valence-electron chi connectivity index (χ4n) is 4.13. The molecule has 0 bridgehead atoms. The fraction of sp³-hybridized carbons (Fsp3) is 0.333. The molecule has 1 aromatic carbocycles. The number of halogens is 1. The molecule has 10 heteroatoms. The van der Waals surface area contributed by atoms with Crippen molar-refractivity contribution in [3.05, 3.63) is 79.9 Å². The molecule has 4 rings (SSSR count). The third kappa shape index (κ3) is 4.86. The first-order chi connectivity index (χ1) is 16.4. The average molecular weight is 485 g/mol. The van der Waals surface area contributed by atoms with E-state index in [9.17, 15) is 18.8 Å². The van der Waals surface area contributed by atoms with Crippen molar-refractivity contribution in [1.82, 2.24) is 19.4 Å². The van der Waals surface area contributed by atoms with E-state index in [0.29, 0.717) is 36.3 Å². The summed E-state index contributed by atoms with van der Waals surface area (Å²) in [6, 6.07) is 7.49. The first kappa shape index (κ1) is 23.6. The lowest BCUT2D eigenvalue weighted by atomic mass is 10.1. The second kappa shape index (κ2) is 10.2. The first-order valence-electron chi connectivity index (χ1n) is 10.8. The van der Waals surface area contributed by atoms with Crippen LogP contribution in [0.2, 0.25) is 0 Å². The van der Waals surface area contributed by atoms with Crippen LogP contribution in [0.1, 0.15) is 27.3 Å². The minimum absolute atomic E-state index is 0.0661. The summed E-state index contributed by atoms with van der Waals surface area (Å²) < 4.78 is 21.0. The maximum Gasteiger partial charge on any atom is 0.259 e. The Morgan fingerprint density at radius 2 is 2.03 bits per heavy atom. The van der Waals surface area contributed by atoms with Crippen LogP contribution in [0.5, 0.6) is 5.75 Å². The van der Waals surface area contributed by atoms with Gasteiger partial charge in [0.05, 0.1) is 31.3 Å². The molecule has 0 fully saturated rings. The molecule has 0 aliphatic carbocycles. The number of methoxy groups -OCH3 is 1. The van der Waals surface area contributed by atoms with E-state index in [1.54, 1.807) is 35.7 Å². The summed E-state index contributed by atoms with van der Waals surface area (Å²) in [4.78, 5) is 46.5. The van der Waals surface area contributed by atoms with Crippen LogP contribution in [-0.2, 0) is 30.7 Å². The SMILES string of the molecule is COc1cc(=O)n2c(c1C(=O)N(C)Cc1cscn1)CCN(C(=O)Cc1ccccc1F)CC2. The zero-order valence-corrected chi connectivity index (χ0v) is 19.8. The lowest BCUT2D eigenvalue weighted by molar-refractivity contribution is -0.130. The Balaban J connectivity index is 1.60. The lowest BCUT2D eigenvalue weighted by Gasteiger charge is -2.21. The van der Waals surface area contributed by atoms with Crippen LogP contribution in [0, 0.1) is 5.82 Å². The zero-order chi connectivity index (χ0) is 24.2. The van der Waals surface area contributed by atoms with Gasteiger partial charge in [0.15, 0.2) is 0 Å². The van der Waals surface area contributed by atoms with Crippen LogP contribution >= 0.6 is 11.3 Å². The van der Waals surface area contributed by atoms with E-state index >= 15 is 0 Å². The summed E-state index contributed by atoms with van der Waals surface area (Å²) >= 11 is 1.45. The summed E-state index contributed by atoms with van der Waals surface area (Å²) in [5.74, 6) is -0.741. The van der Waals surface area contributed by atoms with E-state index in [4.69, 9.17) is 4.74 Å². The number of fused-ring (bicyclic) bond motifs is 1. The number of thiazole rings is 1. The molecule has 0 radical (unpaired) electrons. The Kier molecular flexibility index (Phi) is 7.06. The second-order valence-corrected chi connectivity index (χ2v) is 8.78. The van der Waals surface area contributed by atoms with E-state index in [-0.39, 0.29) is 42.6 Å². The molecule has 3 heterocycles. The van der Waals surface area contributed by atoms with E-state index in [1.807, 2.05) is 5.38 Å². The van der Waals surface area contributed by atoms with Crippen LogP contribution < -0.4 is 10.3 Å². The number of hydrogen-bond donors (Lipinski definition) is 0. The topological polar surface area (TPSA) is 84.7 Å². The highest BCUT2D eigenvalue weighted by atomic mass is 32.1. The molecule has 0 atom stereocenters. The quantitative estimate of drug-likeness (QED) is 0.536. The summed E-state index contributed by atoms with van der Waals surface area (Å²) in [5, 5.41) is 1.87. The molecule has 2 amide bonds. The molecule has 178 valence electrons. The van der Waals surface area contributed by atoms with Crippen molar-refractivity contribution < 1.29 is 18.7 Å². The lowest BCUT2D eigenvalue weighted by Crippen LogP contribution is -2.35. The third-order valence-electron chi connectivity index (χ3n) is 5.91. The van der Waals surface area contributed by atoms with Crippen molar-refractivity contribution in [1.29, 1.82) is 0 Å². The number of pyridine rings is 1. The molecule has 1 aliphatic heterocycles. The molecular formula is C24H25FN4O4S. The van der Waals surface area contributed by atoms with Crippen LogP contribution in [0.15, 0.2) is 46.0 Å². The van der Waals surface area contributed by atoms with Gasteiger partial charge in [-0.25, -0.2) is 9.37 Å². The largest absolute Gasteiger partial charge is 0.496 e. The standard InChI is InChI=1S/C24H25FN4O4S/c1-27(13-17-14-34-15-26-17)24(32)23-19-7-8-28(9-10-29(19)22(31)12-20(23)33-2)21(30)11-16-5-3-4-6-18(16)25/h3-6,12,14-15H,7-11,13H2,1-2H3. The normalized spacial score (nSPS) is 13.2. The monoisotopic (exact) mass is 484 g/mol. The fourth-order valence-corrected chi connectivity index (χ4v) is 4.68. The highest BCUT2D eigenvalue weighted by Crippen LogP contribution is 2.25. The number of benzene rings is 1. The molecule has 1 aliphatic rings. The first-order valence-corrected chi connectivity index (χ1v) is 11.8. The maximum absolute atomic E-state index is 14.0. The highest BCUT2D eigenvalue weighted by molar-refractivity contribution is 7.07. The number of carbonyl (C=O) groups is 2. The maximum atomic E-state index is 14.0. The van der Waals surface area contributed by atoms with Crippen molar-refractivity contribution in [3.63, 3.8) is 0 Å². The number of rotatable bonds is 6. The van der Waals surface area contributed by atoms with Gasteiger partial charge in [0.1, 0.15) is 17.1 Å². The van der Waals surface area contributed by atoms with Crippen molar-refractivity contribution >= 4 is 23.2 Å². The van der Waals surface area contributed by atoms with Crippen molar-refractivity contribution in [2.45, 2.75) is 25.9 Å². The molecule has 0 saturated heterocycles. The van der Waals surface area contributed by atoms with Gasteiger partial charge < -0.3 is 19.1 Å². The minimum Gasteiger partial charge on any atom is -0.496 e. The molecule has 3 aromatic rings. The van der Waals surface area contributed by atoms with Gasteiger partial charge in [0, 0.05) is 50.2 Å². The summed E-state index contributed by atoms with van der Waals surface area (Å²) in [5.41, 5.74) is 3.34. The van der Waals surface area contributed by atoms with E-state index < -0.39 is 5.82 Å². The molecule has 0 N–H and O–H groups in total. The van der Waals surface area contributed by atoms with Gasteiger partial charge in [0.2, 0.25) is 5.91 Å². The number of aromatic nitrogens is 2. The van der Waals surface area contributed by atoms with Crippen LogP contribution in [0.25, 0.3) is 0 Å². The van der Waals surface area contributed by atoms with Crippen molar-refractivity contribution in [2.24, 2.45) is 0 Å². The van der Waals surface area contributed by atoms with Gasteiger partial charge >= 0.3 is 0 Å². The minimum atomic E-state index is -0.425. The Morgan fingerprint density at radius 3 is 2.74 bits per heavy atom. The number of amides is 2. The third-order valence-corrected chi connectivity index (χ3v) is 6.54. The van der Waals surface area contributed by atoms with E-state index in [0.717, 1.165) is 5.69 Å². The summed E-state index contributed by atoms with van der Waals surface area (Å²) in [7, 11) is 3.09. The Hall–Kier alpha value is -3.53. The molecule has 2 aromatic heterocycles. The van der Waals surface area contributed by atoms with Gasteiger partial charge in [-0.15, -0.1) is 11.3 Å². The van der Waals surface area contributed by atoms with E-state index in [1.165, 1.54) is 40.0 Å². The van der Waals surface area contributed by atoms with Gasteiger partial charge in [-0.2, -0.15) is 0 Å². The Bertz CT molecular complexity index is 1260. The van der Waals surface area contributed by atoms with Crippen LogP contribution in [-0.4, -0.2) is 58.4 Å². The van der Waals surface area contributed by atoms with Crippen molar-refractivity contribution in [2.75, 3.05) is 27.2 Å². The predicted octanol–water partition coefficient (Wildman–Crippen LogP) is 2.35. The Labute approximate surface area is 200 Å². The van der Waals surface area contributed by atoms with Crippen LogP contribution in [0.3, 0.4) is 0 Å². The average Bonchev–Trinajstić information content (AvgIpc) is 3.23. The predicted molar refractivity (Wildman–Crippen MR) is 126 cm³/mol. The molecular weight excluding hydrogens is 459 g/mol. The Morgan fingerprint density at radius 1 is 1.24 bits per heavy atom. The number of hydrogen-bond acceptors (Lipinski definition) is 6. The summed E-state index contributed by atoms with van der Waals surface area (Å²) in [6.45, 7) is 1.14. The molecule has 8 nitrogen and oxygen atoms in total. The number of carbonyl (C=O) groups excluding carboxylic acids is 2. The van der Waals surface area contributed by atoms with Crippen molar-refractivity contribution in [3.8, 4) is 5.75 Å². The summed E-state index contributed by atoms with van der Waals surface area (Å²) in [6.07, 6.45) is 0.227. The van der Waals surface area contributed by atoms with Crippen LogP contribution in [0.4, 0.5) is 4.39 Å². The highest BCUT2D eigenvalue weighted by Gasteiger charge is 2.28. The number of nitrogens with zero attached hydrogens (tertiary/aromatic N) is 4. The van der Waals surface area contributed by atoms with Gasteiger partial charge in [0.25, 0.3) is 11.5 Å².